The summed E-state index contributed by atoms with van der Waals surface area (Å²) in [6.45, 7) is 4.85. The fraction of sp³-hybridized carbons (Fsp3) is 0.154. The number of hydrogen-bond acceptors (Lipinski definition) is 5. The lowest BCUT2D eigenvalue weighted by Crippen LogP contribution is -2.32. The molecule has 0 spiro atoms. The van der Waals surface area contributed by atoms with E-state index in [1.54, 1.807) is 31.2 Å². The molecule has 3 aromatic carbocycles. The molecule has 1 atom stereocenters. The van der Waals surface area contributed by atoms with Crippen molar-refractivity contribution in [2.45, 2.75) is 17.9 Å². The van der Waals surface area contributed by atoms with E-state index in [9.17, 15) is 18.0 Å². The number of esters is 1. The topological polar surface area (TPSA) is 92.8 Å². The highest BCUT2D eigenvalue weighted by Gasteiger charge is 2.26. The maximum Gasteiger partial charge on any atom is 0.340 e. The van der Waals surface area contributed by atoms with Crippen molar-refractivity contribution in [3.63, 3.8) is 0 Å². The molecule has 0 aliphatic heterocycles. The van der Waals surface area contributed by atoms with Crippen LogP contribution in [0.2, 0.25) is 10.0 Å². The third-order valence-electron chi connectivity index (χ3n) is 5.17. The molecule has 0 aliphatic carbocycles. The van der Waals surface area contributed by atoms with Crippen molar-refractivity contribution in [3.05, 3.63) is 107 Å². The van der Waals surface area contributed by atoms with Gasteiger partial charge >= 0.3 is 5.97 Å². The molecular formula is C26H24Cl2N2O5S. The minimum absolute atomic E-state index is 0.0150. The second kappa shape index (κ2) is 12.1. The largest absolute Gasteiger partial charge is 0.452 e. The van der Waals surface area contributed by atoms with Gasteiger partial charge in [-0.2, -0.15) is 0 Å². The number of sulfonamides is 1. The Balaban J connectivity index is 1.76. The van der Waals surface area contributed by atoms with Gasteiger partial charge in [-0.15, -0.1) is 6.58 Å². The number of benzene rings is 3. The summed E-state index contributed by atoms with van der Waals surface area (Å²) < 4.78 is 33.0. The van der Waals surface area contributed by atoms with Crippen molar-refractivity contribution in [1.82, 2.24) is 5.32 Å². The van der Waals surface area contributed by atoms with Crippen LogP contribution >= 0.6 is 23.2 Å². The van der Waals surface area contributed by atoms with Crippen LogP contribution in [-0.4, -0.2) is 33.4 Å². The zero-order valence-electron chi connectivity index (χ0n) is 19.4. The number of anilines is 1. The standard InChI is InChI=1S/C26H24Cl2N2O5S/c1-3-15-30(21-11-9-20(27)10-12-21)36(33,34)22-13-14-24(28)23(16-22)26(32)35-17-25(31)29-18(2)19-7-5-4-6-8-19/h3-14,16,18H,1,15,17H2,2H3,(H,29,31). The molecule has 1 unspecified atom stereocenters. The molecule has 0 aromatic heterocycles. The molecule has 1 amide bonds. The number of carbonyl (C=O) groups excluding carboxylic acids is 2. The molecule has 188 valence electrons. The van der Waals surface area contributed by atoms with Crippen LogP contribution in [0.25, 0.3) is 0 Å². The number of hydrogen-bond donors (Lipinski definition) is 1. The van der Waals surface area contributed by atoms with Crippen molar-refractivity contribution in [1.29, 1.82) is 0 Å². The predicted molar refractivity (Wildman–Crippen MR) is 141 cm³/mol. The smallest absolute Gasteiger partial charge is 0.340 e. The minimum atomic E-state index is -4.11. The van der Waals surface area contributed by atoms with Gasteiger partial charge in [0.2, 0.25) is 0 Å². The van der Waals surface area contributed by atoms with Crippen molar-refractivity contribution in [3.8, 4) is 0 Å². The first-order valence-electron chi connectivity index (χ1n) is 10.8. The average Bonchev–Trinajstić information content (AvgIpc) is 2.87. The van der Waals surface area contributed by atoms with Gasteiger partial charge in [0.15, 0.2) is 6.61 Å². The van der Waals surface area contributed by atoms with E-state index >= 15 is 0 Å². The summed E-state index contributed by atoms with van der Waals surface area (Å²) in [7, 11) is -4.11. The number of nitrogens with one attached hydrogen (secondary N) is 1. The van der Waals surface area contributed by atoms with Gasteiger partial charge in [0.1, 0.15) is 0 Å². The maximum atomic E-state index is 13.4. The number of halogens is 2. The lowest BCUT2D eigenvalue weighted by Gasteiger charge is -2.23. The molecule has 0 saturated carbocycles. The molecule has 0 fully saturated rings. The molecule has 0 radical (unpaired) electrons. The molecule has 1 N–H and O–H groups in total. The van der Waals surface area contributed by atoms with E-state index in [0.29, 0.717) is 10.7 Å². The van der Waals surface area contributed by atoms with Gasteiger partial charge in [0, 0.05) is 5.02 Å². The van der Waals surface area contributed by atoms with Gasteiger partial charge in [-0.25, -0.2) is 13.2 Å². The second-order valence-corrected chi connectivity index (χ2v) is 10.4. The number of rotatable bonds is 10. The Morgan fingerprint density at radius 3 is 2.36 bits per heavy atom. The van der Waals surface area contributed by atoms with Crippen LogP contribution in [0.1, 0.15) is 28.9 Å². The molecule has 0 saturated heterocycles. The van der Waals surface area contributed by atoms with Gasteiger partial charge in [0.05, 0.1) is 33.8 Å². The maximum absolute atomic E-state index is 13.4. The third kappa shape index (κ3) is 6.66. The molecule has 3 aromatic rings. The van der Waals surface area contributed by atoms with Crippen molar-refractivity contribution in [2.75, 3.05) is 17.5 Å². The summed E-state index contributed by atoms with van der Waals surface area (Å²) in [5.41, 5.74) is 1.07. The number of carbonyl (C=O) groups is 2. The Bertz CT molecular complexity index is 1350. The van der Waals surface area contributed by atoms with Gasteiger partial charge < -0.3 is 10.1 Å². The molecule has 10 heteroatoms. The van der Waals surface area contributed by atoms with Crippen LogP contribution in [0, 0.1) is 0 Å². The summed E-state index contributed by atoms with van der Waals surface area (Å²) in [6, 6.07) is 18.9. The van der Waals surface area contributed by atoms with E-state index in [2.05, 4.69) is 11.9 Å². The molecule has 0 heterocycles. The van der Waals surface area contributed by atoms with Crippen molar-refractivity contribution in [2.24, 2.45) is 0 Å². The Morgan fingerprint density at radius 1 is 1.06 bits per heavy atom. The van der Waals surface area contributed by atoms with Crippen LogP contribution in [0.15, 0.2) is 90.3 Å². The Morgan fingerprint density at radius 2 is 1.72 bits per heavy atom. The Labute approximate surface area is 220 Å². The first-order valence-corrected chi connectivity index (χ1v) is 13.0. The summed E-state index contributed by atoms with van der Waals surface area (Å²) in [5, 5.41) is 3.17. The van der Waals surface area contributed by atoms with Gasteiger partial charge in [-0.1, -0.05) is 59.6 Å². The zero-order valence-corrected chi connectivity index (χ0v) is 21.7. The van der Waals surface area contributed by atoms with E-state index in [0.717, 1.165) is 15.9 Å². The molecule has 0 aliphatic rings. The van der Waals surface area contributed by atoms with Gasteiger partial charge in [0.25, 0.3) is 15.9 Å². The third-order valence-corrected chi connectivity index (χ3v) is 7.54. The number of nitrogens with zero attached hydrogens (tertiary/aromatic N) is 1. The predicted octanol–water partition coefficient (Wildman–Crippen LogP) is 5.41. The normalized spacial score (nSPS) is 11.9. The first kappa shape index (κ1) is 27.3. The summed E-state index contributed by atoms with van der Waals surface area (Å²) in [4.78, 5) is 24.8. The zero-order chi connectivity index (χ0) is 26.3. The van der Waals surface area contributed by atoms with Gasteiger partial charge in [-0.05, 0) is 55.0 Å². The quantitative estimate of drug-likeness (QED) is 0.271. The van der Waals surface area contributed by atoms with Crippen LogP contribution < -0.4 is 9.62 Å². The van der Waals surface area contributed by atoms with E-state index in [4.69, 9.17) is 27.9 Å². The van der Waals surface area contributed by atoms with Crippen LogP contribution in [0.5, 0.6) is 0 Å². The molecule has 36 heavy (non-hydrogen) atoms. The van der Waals surface area contributed by atoms with Crippen LogP contribution in [-0.2, 0) is 19.6 Å². The lowest BCUT2D eigenvalue weighted by molar-refractivity contribution is -0.124. The van der Waals surface area contributed by atoms with Crippen molar-refractivity contribution < 1.29 is 22.7 Å². The highest BCUT2D eigenvalue weighted by atomic mass is 35.5. The minimum Gasteiger partial charge on any atom is -0.452 e. The van der Waals surface area contributed by atoms with E-state index in [-0.39, 0.29) is 28.1 Å². The van der Waals surface area contributed by atoms with Gasteiger partial charge in [-0.3, -0.25) is 9.10 Å². The molecule has 7 nitrogen and oxygen atoms in total. The summed E-state index contributed by atoms with van der Waals surface area (Å²) in [5.74, 6) is -1.44. The SMILES string of the molecule is C=CCN(c1ccc(Cl)cc1)S(=O)(=O)c1ccc(Cl)c(C(=O)OCC(=O)NC(C)c2ccccc2)c1. The van der Waals surface area contributed by atoms with Crippen LogP contribution in [0.3, 0.4) is 0 Å². The fourth-order valence-electron chi connectivity index (χ4n) is 3.33. The monoisotopic (exact) mass is 546 g/mol. The van der Waals surface area contributed by atoms with Crippen molar-refractivity contribution >= 4 is 50.8 Å². The highest BCUT2D eigenvalue weighted by molar-refractivity contribution is 7.92. The average molecular weight is 547 g/mol. The summed E-state index contributed by atoms with van der Waals surface area (Å²) in [6.07, 6.45) is 1.44. The lowest BCUT2D eigenvalue weighted by atomic mass is 10.1. The molecular weight excluding hydrogens is 523 g/mol. The van der Waals surface area contributed by atoms with E-state index < -0.39 is 28.5 Å². The number of amides is 1. The van der Waals surface area contributed by atoms with Crippen LogP contribution in [0.4, 0.5) is 5.69 Å². The Hall–Kier alpha value is -3.33. The van der Waals surface area contributed by atoms with E-state index in [1.807, 2.05) is 30.3 Å². The Kier molecular flexibility index (Phi) is 9.14. The first-order chi connectivity index (χ1) is 17.1. The highest BCUT2D eigenvalue weighted by Crippen LogP contribution is 2.28. The van der Waals surface area contributed by atoms with E-state index in [1.165, 1.54) is 18.2 Å². The molecule has 0 bridgehead atoms. The second-order valence-electron chi connectivity index (χ2n) is 7.72. The summed E-state index contributed by atoms with van der Waals surface area (Å²) >= 11 is 12.1. The number of ether oxygens (including phenoxy) is 1. The molecule has 3 rings (SSSR count). The fourth-order valence-corrected chi connectivity index (χ4v) is 5.12.